The Morgan fingerprint density at radius 2 is 1.63 bits per heavy atom. The number of morpholine rings is 1. The van der Waals surface area contributed by atoms with Crippen molar-refractivity contribution in [1.29, 1.82) is 0 Å². The molecular formula is C25H24N4O. The number of aromatic amines is 2. The molecule has 0 spiro atoms. The lowest BCUT2D eigenvalue weighted by Gasteiger charge is -2.28. The second-order valence-electron chi connectivity index (χ2n) is 7.43. The second-order valence-corrected chi connectivity index (χ2v) is 7.43. The standard InChI is InChI=1S/C25H24N4O/c1-6-21-11-12-26-25(21)17-20(1)3-8-23-18-22(27-28-23)7-2-19-4-9-24(10-5-19)29-13-15-30-16-14-29/h1-12,17-18,26H,13-16H2,(H,27,28)/b7-2+,8-3+. The minimum atomic E-state index is 0.804. The van der Waals surface area contributed by atoms with E-state index in [1.165, 1.54) is 11.1 Å². The summed E-state index contributed by atoms with van der Waals surface area (Å²) in [5.41, 5.74) is 6.59. The predicted octanol–water partition coefficient (Wildman–Crippen LogP) is 5.07. The summed E-state index contributed by atoms with van der Waals surface area (Å²) in [5.74, 6) is 0. The normalized spacial score (nSPS) is 15.0. The smallest absolute Gasteiger partial charge is 0.0854 e. The van der Waals surface area contributed by atoms with Crippen molar-refractivity contribution in [3.63, 3.8) is 0 Å². The molecule has 1 fully saturated rings. The summed E-state index contributed by atoms with van der Waals surface area (Å²) in [6, 6.07) is 19.1. The van der Waals surface area contributed by atoms with Crippen molar-refractivity contribution < 1.29 is 4.74 Å². The minimum absolute atomic E-state index is 0.804. The van der Waals surface area contributed by atoms with E-state index in [0.29, 0.717) is 0 Å². The first-order chi connectivity index (χ1) is 14.8. The molecule has 0 bridgehead atoms. The van der Waals surface area contributed by atoms with Gasteiger partial charge in [0.25, 0.3) is 0 Å². The van der Waals surface area contributed by atoms with Gasteiger partial charge in [-0.15, -0.1) is 0 Å². The fourth-order valence-electron chi connectivity index (χ4n) is 3.68. The molecule has 0 radical (unpaired) electrons. The van der Waals surface area contributed by atoms with Gasteiger partial charge in [-0.25, -0.2) is 0 Å². The third-order valence-electron chi connectivity index (χ3n) is 5.37. The lowest BCUT2D eigenvalue weighted by Crippen LogP contribution is -2.36. The molecule has 0 atom stereocenters. The number of rotatable bonds is 5. The Kier molecular flexibility index (Phi) is 5.19. The molecule has 2 N–H and O–H groups in total. The molecule has 1 aliphatic heterocycles. The van der Waals surface area contributed by atoms with Crippen LogP contribution >= 0.6 is 0 Å². The second kappa shape index (κ2) is 8.43. The molecule has 0 saturated carbocycles. The number of H-pyrrole nitrogens is 2. The average molecular weight is 396 g/mol. The maximum Gasteiger partial charge on any atom is 0.0854 e. The summed E-state index contributed by atoms with van der Waals surface area (Å²) in [4.78, 5) is 5.60. The van der Waals surface area contributed by atoms with Gasteiger partial charge >= 0.3 is 0 Å². The SMILES string of the molecule is C(=C\c1cc(/C=C/c2ccc3cc[nH]c3c2)n[nH]1)/c1ccc(N2CCOCC2)cc1. The summed E-state index contributed by atoms with van der Waals surface area (Å²) in [6.07, 6.45) is 10.2. The molecule has 3 heterocycles. The lowest BCUT2D eigenvalue weighted by molar-refractivity contribution is 0.122. The van der Waals surface area contributed by atoms with E-state index in [9.17, 15) is 0 Å². The Balaban J connectivity index is 1.23. The fourth-order valence-corrected chi connectivity index (χ4v) is 3.68. The van der Waals surface area contributed by atoms with E-state index >= 15 is 0 Å². The highest BCUT2D eigenvalue weighted by Gasteiger charge is 2.10. The van der Waals surface area contributed by atoms with Crippen LogP contribution in [0.2, 0.25) is 0 Å². The molecule has 0 unspecified atom stereocenters. The topological polar surface area (TPSA) is 56.9 Å². The monoisotopic (exact) mass is 396 g/mol. The highest BCUT2D eigenvalue weighted by molar-refractivity contribution is 5.83. The molecule has 5 rings (SSSR count). The van der Waals surface area contributed by atoms with Crippen LogP contribution in [0.5, 0.6) is 0 Å². The zero-order chi connectivity index (χ0) is 20.2. The van der Waals surface area contributed by atoms with Gasteiger partial charge in [0.05, 0.1) is 24.6 Å². The first-order valence-electron chi connectivity index (χ1n) is 10.2. The highest BCUT2D eigenvalue weighted by Crippen LogP contribution is 2.19. The van der Waals surface area contributed by atoms with Gasteiger partial charge in [0.15, 0.2) is 0 Å². The maximum atomic E-state index is 5.42. The number of aromatic nitrogens is 3. The van der Waals surface area contributed by atoms with Crippen LogP contribution in [0.4, 0.5) is 5.69 Å². The first-order valence-corrected chi connectivity index (χ1v) is 10.2. The van der Waals surface area contributed by atoms with Gasteiger partial charge in [-0.3, -0.25) is 5.10 Å². The number of hydrogen-bond acceptors (Lipinski definition) is 3. The van der Waals surface area contributed by atoms with E-state index in [4.69, 9.17) is 4.74 Å². The maximum absolute atomic E-state index is 5.42. The Morgan fingerprint density at radius 3 is 2.50 bits per heavy atom. The Hall–Kier alpha value is -3.57. The van der Waals surface area contributed by atoms with Crippen molar-refractivity contribution in [1.82, 2.24) is 15.2 Å². The molecule has 1 aliphatic rings. The van der Waals surface area contributed by atoms with Crippen LogP contribution < -0.4 is 4.90 Å². The van der Waals surface area contributed by atoms with Crippen LogP contribution in [0.25, 0.3) is 35.2 Å². The third kappa shape index (κ3) is 4.21. The fraction of sp³-hybridized carbons (Fsp3) is 0.160. The quantitative estimate of drug-likeness (QED) is 0.495. The van der Waals surface area contributed by atoms with Crippen molar-refractivity contribution in [2.24, 2.45) is 0 Å². The molecule has 1 saturated heterocycles. The number of nitrogens with zero attached hydrogens (tertiary/aromatic N) is 2. The molecule has 0 aliphatic carbocycles. The van der Waals surface area contributed by atoms with Crippen LogP contribution in [0.3, 0.4) is 0 Å². The Morgan fingerprint density at radius 1 is 0.833 bits per heavy atom. The predicted molar refractivity (Wildman–Crippen MR) is 124 cm³/mol. The van der Waals surface area contributed by atoms with E-state index in [-0.39, 0.29) is 0 Å². The summed E-state index contributed by atoms with van der Waals surface area (Å²) in [5, 5.41) is 8.69. The number of nitrogens with one attached hydrogen (secondary N) is 2. The molecule has 30 heavy (non-hydrogen) atoms. The lowest BCUT2D eigenvalue weighted by atomic mass is 10.1. The van der Waals surface area contributed by atoms with Crippen molar-refractivity contribution in [3.8, 4) is 0 Å². The number of hydrogen-bond donors (Lipinski definition) is 2. The number of benzene rings is 2. The molecule has 2 aromatic carbocycles. The van der Waals surface area contributed by atoms with Crippen LogP contribution in [0.1, 0.15) is 22.5 Å². The van der Waals surface area contributed by atoms with E-state index < -0.39 is 0 Å². The summed E-state index contributed by atoms with van der Waals surface area (Å²) in [7, 11) is 0. The molecule has 4 aromatic rings. The van der Waals surface area contributed by atoms with E-state index in [1.807, 2.05) is 18.3 Å². The van der Waals surface area contributed by atoms with Crippen LogP contribution in [-0.4, -0.2) is 41.5 Å². The summed E-state index contributed by atoms with van der Waals surface area (Å²) < 4.78 is 5.42. The highest BCUT2D eigenvalue weighted by atomic mass is 16.5. The van der Waals surface area contributed by atoms with E-state index in [2.05, 4.69) is 86.8 Å². The van der Waals surface area contributed by atoms with Gasteiger partial charge in [-0.2, -0.15) is 5.10 Å². The van der Waals surface area contributed by atoms with Gasteiger partial charge < -0.3 is 14.6 Å². The van der Waals surface area contributed by atoms with Gasteiger partial charge in [0.2, 0.25) is 0 Å². The molecular weight excluding hydrogens is 372 g/mol. The zero-order valence-electron chi connectivity index (χ0n) is 16.7. The molecule has 150 valence electrons. The number of anilines is 1. The van der Waals surface area contributed by atoms with Crippen LogP contribution in [-0.2, 0) is 4.74 Å². The summed E-state index contributed by atoms with van der Waals surface area (Å²) >= 11 is 0. The largest absolute Gasteiger partial charge is 0.378 e. The van der Waals surface area contributed by atoms with Crippen LogP contribution in [0, 0.1) is 0 Å². The van der Waals surface area contributed by atoms with Gasteiger partial charge in [0.1, 0.15) is 0 Å². The van der Waals surface area contributed by atoms with E-state index in [0.717, 1.165) is 54.3 Å². The number of fused-ring (bicyclic) bond motifs is 1. The molecule has 5 nitrogen and oxygen atoms in total. The molecule has 2 aromatic heterocycles. The average Bonchev–Trinajstić information content (AvgIpc) is 3.46. The first kappa shape index (κ1) is 18.5. The van der Waals surface area contributed by atoms with E-state index in [1.54, 1.807) is 0 Å². The van der Waals surface area contributed by atoms with Crippen molar-refractivity contribution in [2.45, 2.75) is 0 Å². The van der Waals surface area contributed by atoms with Crippen molar-refractivity contribution >= 4 is 40.9 Å². The Bertz CT molecular complexity index is 1180. The molecule has 0 amide bonds. The van der Waals surface area contributed by atoms with Gasteiger partial charge in [-0.05, 0) is 59.0 Å². The molecule has 5 heteroatoms. The van der Waals surface area contributed by atoms with Crippen molar-refractivity contribution in [2.75, 3.05) is 31.2 Å². The van der Waals surface area contributed by atoms with Gasteiger partial charge in [0, 0.05) is 30.5 Å². The van der Waals surface area contributed by atoms with Gasteiger partial charge in [-0.1, -0.05) is 36.4 Å². The van der Waals surface area contributed by atoms with Crippen molar-refractivity contribution in [3.05, 3.63) is 83.3 Å². The number of ether oxygens (including phenoxy) is 1. The summed E-state index contributed by atoms with van der Waals surface area (Å²) in [6.45, 7) is 3.52. The zero-order valence-corrected chi connectivity index (χ0v) is 16.7. The third-order valence-corrected chi connectivity index (χ3v) is 5.37. The minimum Gasteiger partial charge on any atom is -0.378 e. The Labute approximate surface area is 175 Å². The van der Waals surface area contributed by atoms with Crippen LogP contribution in [0.15, 0.2) is 60.8 Å².